The molecule has 0 radical (unpaired) electrons. The van der Waals surface area contributed by atoms with Crippen molar-refractivity contribution in [3.63, 3.8) is 0 Å². The van der Waals surface area contributed by atoms with Crippen LogP contribution in [0.4, 0.5) is 28.4 Å². The van der Waals surface area contributed by atoms with Crippen molar-refractivity contribution in [1.82, 2.24) is 0 Å². The lowest BCUT2D eigenvalue weighted by molar-refractivity contribution is -0.447. The van der Waals surface area contributed by atoms with E-state index < -0.39 is 31.8 Å². The highest BCUT2D eigenvalue weighted by molar-refractivity contribution is 7.94. The number of aromatic hydroxyl groups is 1. The van der Waals surface area contributed by atoms with Gasteiger partial charge in [0.05, 0.1) is 53.6 Å². The highest BCUT2D eigenvalue weighted by Crippen LogP contribution is 2.50. The third-order valence-electron chi connectivity index (χ3n) is 5.69. The van der Waals surface area contributed by atoms with Crippen LogP contribution >= 0.6 is 12.0 Å². The summed E-state index contributed by atoms with van der Waals surface area (Å²) in [6.07, 6.45) is 0. The minimum Gasteiger partial charge on any atom is -0.768 e. The number of nitrogens with zero attached hydrogens (tertiary/aromatic N) is 4. The summed E-state index contributed by atoms with van der Waals surface area (Å²) >= 11 is -1.84. The molecule has 0 aliphatic rings. The molecule has 3 N–H and O–H groups in total. The van der Waals surface area contributed by atoms with Gasteiger partial charge in [0, 0.05) is 4.90 Å². The summed E-state index contributed by atoms with van der Waals surface area (Å²) in [5.74, 6) is -0.467. The van der Waals surface area contributed by atoms with Gasteiger partial charge >= 0.3 is 0 Å². The predicted molar refractivity (Wildman–Crippen MR) is 152 cm³/mol. The molecule has 0 saturated heterocycles. The standard InChI is InChI=1S/C25H23N5O9S3/c1-14-6-4-5-7-18(14)28-29-23-19(40-39-38-36-2)12-15-13-20(42(34,35)37-3)24(22(26)21(15)25(23)31)30-27-16-8-10-17(11-9-16)41(32)33/h4-13,31H,26H2,1-3H3,(H,32,33)/p-1. The highest BCUT2D eigenvalue weighted by atomic mass is 32.2. The molecule has 42 heavy (non-hydrogen) atoms. The van der Waals surface area contributed by atoms with Crippen molar-refractivity contribution in [3.8, 4) is 5.75 Å². The van der Waals surface area contributed by atoms with Gasteiger partial charge in [-0.2, -0.15) is 18.6 Å². The van der Waals surface area contributed by atoms with Gasteiger partial charge in [0.15, 0.2) is 5.75 Å². The number of phenols is 1. The van der Waals surface area contributed by atoms with E-state index in [2.05, 4.69) is 30.4 Å². The molecule has 0 saturated carbocycles. The summed E-state index contributed by atoms with van der Waals surface area (Å²) in [5.41, 5.74) is 7.27. The summed E-state index contributed by atoms with van der Waals surface area (Å²) in [6.45, 7) is 1.83. The first-order chi connectivity index (χ1) is 20.1. The second kappa shape index (κ2) is 13.4. The number of azo groups is 2. The molecule has 0 heterocycles. The molecule has 4 aromatic carbocycles. The Kier molecular flexibility index (Phi) is 9.97. The molecule has 1 unspecified atom stereocenters. The summed E-state index contributed by atoms with van der Waals surface area (Å²) in [6, 6.07) is 15.1. The molecule has 0 bridgehead atoms. The van der Waals surface area contributed by atoms with E-state index in [4.69, 9.17) is 14.3 Å². The number of aryl methyl sites for hydroxylation is 1. The van der Waals surface area contributed by atoms with Crippen LogP contribution in [0, 0.1) is 6.92 Å². The van der Waals surface area contributed by atoms with E-state index in [1.54, 1.807) is 12.1 Å². The van der Waals surface area contributed by atoms with Gasteiger partial charge in [-0.15, -0.1) is 14.6 Å². The predicted octanol–water partition coefficient (Wildman–Crippen LogP) is 6.36. The number of hydrogen-bond acceptors (Lipinski definition) is 15. The lowest BCUT2D eigenvalue weighted by Crippen LogP contribution is -2.05. The van der Waals surface area contributed by atoms with Gasteiger partial charge < -0.3 is 15.4 Å². The average Bonchev–Trinajstić information content (AvgIpc) is 2.97. The molecule has 0 spiro atoms. The molecule has 1 atom stereocenters. The molecule has 14 nitrogen and oxygen atoms in total. The Labute approximate surface area is 246 Å². The number of anilines is 1. The zero-order valence-electron chi connectivity index (χ0n) is 22.1. The van der Waals surface area contributed by atoms with Crippen molar-refractivity contribution in [1.29, 1.82) is 0 Å². The second-order valence-corrected chi connectivity index (χ2v) is 11.6. The maximum absolute atomic E-state index is 12.9. The first-order valence-corrected chi connectivity index (χ1v) is 14.8. The number of nitrogens with two attached hydrogens (primary N) is 1. The van der Waals surface area contributed by atoms with Crippen molar-refractivity contribution in [2.75, 3.05) is 20.0 Å². The smallest absolute Gasteiger partial charge is 0.299 e. The summed E-state index contributed by atoms with van der Waals surface area (Å²) < 4.78 is 57.6. The summed E-state index contributed by atoms with van der Waals surface area (Å²) in [5, 5.41) is 32.5. The van der Waals surface area contributed by atoms with Gasteiger partial charge in [-0.3, -0.25) is 8.39 Å². The van der Waals surface area contributed by atoms with E-state index >= 15 is 0 Å². The maximum atomic E-state index is 12.9. The van der Waals surface area contributed by atoms with Gasteiger partial charge in [0.2, 0.25) is 0 Å². The van der Waals surface area contributed by atoms with E-state index in [9.17, 15) is 22.3 Å². The quantitative estimate of drug-likeness (QED) is 0.0272. The number of benzene rings is 4. The number of fused-ring (bicyclic) bond motifs is 1. The fraction of sp³-hybridized carbons (Fsp3) is 0.120. The zero-order valence-corrected chi connectivity index (χ0v) is 24.5. The average molecular weight is 633 g/mol. The second-order valence-electron chi connectivity index (χ2n) is 8.23. The van der Waals surface area contributed by atoms with Crippen molar-refractivity contribution in [3.05, 3.63) is 66.2 Å². The van der Waals surface area contributed by atoms with Crippen LogP contribution in [-0.2, 0) is 39.6 Å². The van der Waals surface area contributed by atoms with E-state index in [0.29, 0.717) is 17.7 Å². The fourth-order valence-electron chi connectivity index (χ4n) is 3.64. The van der Waals surface area contributed by atoms with Crippen LogP contribution in [0.25, 0.3) is 10.8 Å². The SMILES string of the molecule is COOOSc1cc2cc(S(=O)(=O)OC)c(N=Nc3ccc(S(=O)[O-])cc3)c(N)c2c(O)c1N=Nc1ccccc1C. The van der Waals surface area contributed by atoms with Crippen LogP contribution in [0.1, 0.15) is 5.56 Å². The zero-order chi connectivity index (χ0) is 30.4. The minimum atomic E-state index is -4.39. The lowest BCUT2D eigenvalue weighted by Gasteiger charge is -2.15. The van der Waals surface area contributed by atoms with E-state index in [0.717, 1.165) is 12.7 Å². The Hall–Kier alpha value is -3.81. The third-order valence-corrected chi connectivity index (χ3v) is 8.25. The molecule has 0 amide bonds. The first-order valence-electron chi connectivity index (χ1n) is 11.6. The molecular formula is C25H22N5O9S3-. The van der Waals surface area contributed by atoms with E-state index in [1.807, 2.05) is 19.1 Å². The fourth-order valence-corrected chi connectivity index (χ4v) is 5.39. The Morgan fingerprint density at radius 2 is 1.67 bits per heavy atom. The summed E-state index contributed by atoms with van der Waals surface area (Å²) in [4.78, 5) is 4.17. The third kappa shape index (κ3) is 6.80. The first kappa shape index (κ1) is 31.1. The van der Waals surface area contributed by atoms with Gasteiger partial charge in [-0.25, -0.2) is 4.89 Å². The van der Waals surface area contributed by atoms with Crippen molar-refractivity contribution < 1.29 is 40.7 Å². The van der Waals surface area contributed by atoms with Crippen molar-refractivity contribution in [2.24, 2.45) is 20.5 Å². The molecule has 4 rings (SSSR count). The molecule has 17 heteroatoms. The molecule has 0 fully saturated rings. The number of rotatable bonds is 11. The Morgan fingerprint density at radius 1 is 0.976 bits per heavy atom. The minimum absolute atomic E-state index is 0.00755. The van der Waals surface area contributed by atoms with Crippen LogP contribution in [0.15, 0.2) is 95.8 Å². The van der Waals surface area contributed by atoms with Crippen LogP contribution in [0.5, 0.6) is 5.75 Å². The van der Waals surface area contributed by atoms with Crippen molar-refractivity contribution in [2.45, 2.75) is 21.6 Å². The Morgan fingerprint density at radius 3 is 2.31 bits per heavy atom. The van der Waals surface area contributed by atoms with Crippen molar-refractivity contribution >= 4 is 72.5 Å². The molecule has 0 aliphatic carbocycles. The largest absolute Gasteiger partial charge is 0.768 e. The number of phenolic OH excluding ortho intramolecular Hbond substituents is 1. The lowest BCUT2D eigenvalue weighted by atomic mass is 10.1. The summed E-state index contributed by atoms with van der Waals surface area (Å²) in [7, 11) is -2.22. The normalized spacial score (nSPS) is 13.0. The number of nitrogen functional groups attached to an aromatic ring is 1. The topological polar surface area (TPSA) is 207 Å². The van der Waals surface area contributed by atoms with Crippen LogP contribution in [0.2, 0.25) is 0 Å². The van der Waals surface area contributed by atoms with Crippen LogP contribution in [0.3, 0.4) is 0 Å². The molecule has 0 aromatic heterocycles. The van der Waals surface area contributed by atoms with Crippen LogP contribution < -0.4 is 5.73 Å². The maximum Gasteiger partial charge on any atom is 0.299 e. The molecular weight excluding hydrogens is 611 g/mol. The monoisotopic (exact) mass is 632 g/mol. The highest BCUT2D eigenvalue weighted by Gasteiger charge is 2.26. The Balaban J connectivity index is 1.94. The van der Waals surface area contributed by atoms with E-state index in [1.165, 1.54) is 43.5 Å². The molecule has 0 aliphatic heterocycles. The van der Waals surface area contributed by atoms with Gasteiger partial charge in [0.25, 0.3) is 10.1 Å². The molecule has 4 aromatic rings. The Bertz CT molecular complexity index is 1820. The van der Waals surface area contributed by atoms with Gasteiger partial charge in [0.1, 0.15) is 16.3 Å². The molecule has 220 valence electrons. The number of hydrogen-bond donors (Lipinski definition) is 2. The van der Waals surface area contributed by atoms with E-state index in [-0.39, 0.29) is 43.3 Å². The van der Waals surface area contributed by atoms with Gasteiger partial charge in [-0.1, -0.05) is 23.2 Å². The van der Waals surface area contributed by atoms with Gasteiger partial charge in [-0.05, 0) is 71.4 Å². The van der Waals surface area contributed by atoms with Crippen LogP contribution in [-0.4, -0.2) is 36.5 Å².